The van der Waals surface area contributed by atoms with Crippen LogP contribution in [0.5, 0.6) is 5.75 Å². The summed E-state index contributed by atoms with van der Waals surface area (Å²) in [4.78, 5) is 29.4. The zero-order chi connectivity index (χ0) is 25.8. The summed E-state index contributed by atoms with van der Waals surface area (Å²) >= 11 is 1.63. The topological polar surface area (TPSA) is 83.5 Å². The second-order valence-corrected chi connectivity index (χ2v) is 10.2. The fraction of sp³-hybridized carbons (Fsp3) is 0.357. The molecule has 3 heterocycles. The first-order valence-electron chi connectivity index (χ1n) is 12.6. The number of ether oxygens (including phenoxy) is 1. The summed E-state index contributed by atoms with van der Waals surface area (Å²) in [5.41, 5.74) is 5.93. The van der Waals surface area contributed by atoms with Gasteiger partial charge in [-0.25, -0.2) is 15.0 Å². The third-order valence-electron chi connectivity index (χ3n) is 6.68. The molecule has 4 aromatic rings. The summed E-state index contributed by atoms with van der Waals surface area (Å²) in [6.07, 6.45) is 0. The number of amides is 1. The highest BCUT2D eigenvalue weighted by Gasteiger charge is 2.18. The number of carbonyl (C=O) groups is 1. The molecule has 1 aliphatic rings. The van der Waals surface area contributed by atoms with Gasteiger partial charge in [0.25, 0.3) is 0 Å². The minimum Gasteiger partial charge on any atom is -0.492 e. The maximum atomic E-state index is 11.5. The second kappa shape index (κ2) is 11.2. The molecule has 0 radical (unpaired) electrons. The number of hydrogen-bond donors (Lipinski definition) is 1. The number of aryl methyl sites for hydroxylation is 1. The maximum absolute atomic E-state index is 11.5. The molecule has 1 aliphatic heterocycles. The smallest absolute Gasteiger partial charge is 0.219 e. The van der Waals surface area contributed by atoms with Crippen molar-refractivity contribution >= 4 is 33.3 Å². The molecule has 5 rings (SSSR count). The Morgan fingerprint density at radius 3 is 2.78 bits per heavy atom. The van der Waals surface area contributed by atoms with Crippen molar-refractivity contribution in [3.05, 3.63) is 65.4 Å². The highest BCUT2D eigenvalue weighted by atomic mass is 32.1. The van der Waals surface area contributed by atoms with Crippen LogP contribution in [0.4, 0.5) is 5.82 Å². The minimum atomic E-state index is 0. The van der Waals surface area contributed by atoms with Crippen LogP contribution in [0.3, 0.4) is 0 Å². The van der Waals surface area contributed by atoms with E-state index in [0.29, 0.717) is 6.61 Å². The number of aromatic nitrogens is 3. The third kappa shape index (κ3) is 6.23. The van der Waals surface area contributed by atoms with Crippen molar-refractivity contribution in [3.8, 4) is 17.0 Å². The fourth-order valence-corrected chi connectivity index (χ4v) is 5.28. The Balaban J connectivity index is 0.00000336. The zero-order valence-electron chi connectivity index (χ0n) is 21.5. The Kier molecular flexibility index (Phi) is 7.62. The molecule has 1 fully saturated rings. The Morgan fingerprint density at radius 2 is 1.97 bits per heavy atom. The van der Waals surface area contributed by atoms with Crippen molar-refractivity contribution in [2.45, 2.75) is 26.8 Å². The van der Waals surface area contributed by atoms with Crippen molar-refractivity contribution in [3.63, 3.8) is 0 Å². The third-order valence-corrected chi connectivity index (χ3v) is 7.47. The van der Waals surface area contributed by atoms with Crippen molar-refractivity contribution < 1.29 is 11.0 Å². The van der Waals surface area contributed by atoms with Gasteiger partial charge in [0.1, 0.15) is 24.0 Å². The van der Waals surface area contributed by atoms with Crippen LogP contribution in [0.2, 0.25) is 0 Å². The fourth-order valence-electron chi connectivity index (χ4n) is 4.56. The molecule has 8 nitrogen and oxygen atoms in total. The number of rotatable bonds is 8. The number of benzene rings is 2. The largest absolute Gasteiger partial charge is 0.492 e. The number of nitrogens with zero attached hydrogens (tertiary/aromatic N) is 5. The summed E-state index contributed by atoms with van der Waals surface area (Å²) < 4.78 is 7.21. The molecule has 9 heteroatoms. The van der Waals surface area contributed by atoms with Gasteiger partial charge in [-0.15, -0.1) is 11.3 Å². The monoisotopic (exact) mass is 518 g/mol. The normalized spacial score (nSPS) is 15.1. The Labute approximate surface area is 222 Å². The van der Waals surface area contributed by atoms with Gasteiger partial charge in [0.2, 0.25) is 5.91 Å². The van der Waals surface area contributed by atoms with Gasteiger partial charge in [-0.2, -0.15) is 0 Å². The van der Waals surface area contributed by atoms with Gasteiger partial charge < -0.3 is 15.0 Å². The maximum Gasteiger partial charge on any atom is 0.219 e. The first kappa shape index (κ1) is 25.1. The van der Waals surface area contributed by atoms with E-state index in [2.05, 4.69) is 56.4 Å². The van der Waals surface area contributed by atoms with Gasteiger partial charge >= 0.3 is 0 Å². The zero-order valence-corrected chi connectivity index (χ0v) is 22.3. The van der Waals surface area contributed by atoms with Crippen LogP contribution < -0.4 is 10.1 Å². The molecule has 1 saturated heterocycles. The standard InChI is InChI=1S/C28H32N6O2S.H2/c1-19(22-5-4-6-24(15-22)36-14-13-33-9-11-34(12-10-33)21(3)35)30-28-17-26(31-20(2)32-28)23-7-8-25-27(16-23)37-18-29-25;/h4-8,15-19H,9-14H2,1-3H3,(H,30,31,32);1H. The molecule has 0 bridgehead atoms. The number of hydrogen-bond acceptors (Lipinski definition) is 8. The average molecular weight is 519 g/mol. The van der Waals surface area contributed by atoms with E-state index >= 15 is 0 Å². The van der Waals surface area contributed by atoms with E-state index in [4.69, 9.17) is 4.74 Å². The van der Waals surface area contributed by atoms with Crippen LogP contribution in [-0.2, 0) is 4.79 Å². The number of nitrogens with one attached hydrogen (secondary N) is 1. The molecule has 2 aromatic carbocycles. The molecule has 1 amide bonds. The predicted octanol–water partition coefficient (Wildman–Crippen LogP) is 5.02. The van der Waals surface area contributed by atoms with Crippen molar-refractivity contribution in [2.24, 2.45) is 0 Å². The lowest BCUT2D eigenvalue weighted by atomic mass is 10.1. The lowest BCUT2D eigenvalue weighted by molar-refractivity contribution is -0.130. The summed E-state index contributed by atoms with van der Waals surface area (Å²) in [7, 11) is 0. The SMILES string of the molecule is CC(=O)N1CCN(CCOc2cccc(C(C)Nc3cc(-c4ccc5ncsc5c4)nc(C)n3)c2)CC1.[HH]. The van der Waals surface area contributed by atoms with E-state index in [1.54, 1.807) is 18.3 Å². The quantitative estimate of drug-likeness (QED) is 0.350. The highest BCUT2D eigenvalue weighted by molar-refractivity contribution is 7.16. The van der Waals surface area contributed by atoms with E-state index in [1.807, 2.05) is 41.6 Å². The van der Waals surface area contributed by atoms with Gasteiger partial charge in [0.15, 0.2) is 0 Å². The van der Waals surface area contributed by atoms with E-state index < -0.39 is 0 Å². The number of thiazole rings is 1. The number of piperazine rings is 1. The molecule has 0 saturated carbocycles. The van der Waals surface area contributed by atoms with Crippen molar-refractivity contribution in [1.82, 2.24) is 24.8 Å². The van der Waals surface area contributed by atoms with Crippen molar-refractivity contribution in [2.75, 3.05) is 44.6 Å². The average Bonchev–Trinajstić information content (AvgIpc) is 3.37. The molecule has 0 aliphatic carbocycles. The number of fused-ring (bicyclic) bond motifs is 1. The second-order valence-electron chi connectivity index (χ2n) is 9.36. The molecule has 1 atom stereocenters. The minimum absolute atomic E-state index is 0. The van der Waals surface area contributed by atoms with Gasteiger partial charge in [-0.1, -0.05) is 18.2 Å². The van der Waals surface area contributed by atoms with E-state index in [1.165, 1.54) is 0 Å². The molecule has 1 unspecified atom stereocenters. The summed E-state index contributed by atoms with van der Waals surface area (Å²) in [5.74, 6) is 2.51. The molecular formula is C28H34N6O2S. The Morgan fingerprint density at radius 1 is 1.14 bits per heavy atom. The highest BCUT2D eigenvalue weighted by Crippen LogP contribution is 2.28. The number of anilines is 1. The van der Waals surface area contributed by atoms with E-state index in [9.17, 15) is 4.79 Å². The van der Waals surface area contributed by atoms with Crippen LogP contribution in [0.1, 0.15) is 32.7 Å². The van der Waals surface area contributed by atoms with Gasteiger partial charge in [0.05, 0.1) is 27.5 Å². The lowest BCUT2D eigenvalue weighted by Gasteiger charge is -2.34. The molecule has 2 aromatic heterocycles. The van der Waals surface area contributed by atoms with Crippen LogP contribution >= 0.6 is 11.3 Å². The lowest BCUT2D eigenvalue weighted by Crippen LogP contribution is -2.48. The van der Waals surface area contributed by atoms with E-state index in [-0.39, 0.29) is 13.4 Å². The van der Waals surface area contributed by atoms with Crippen LogP contribution in [0, 0.1) is 6.92 Å². The first-order valence-corrected chi connectivity index (χ1v) is 13.5. The molecule has 1 N–H and O–H groups in total. The van der Waals surface area contributed by atoms with E-state index in [0.717, 1.165) is 77.2 Å². The molecule has 0 spiro atoms. The molecular weight excluding hydrogens is 484 g/mol. The van der Waals surface area contributed by atoms with Crippen LogP contribution in [-0.4, -0.2) is 70.0 Å². The first-order chi connectivity index (χ1) is 17.9. The van der Waals surface area contributed by atoms with Crippen LogP contribution in [0.25, 0.3) is 21.5 Å². The van der Waals surface area contributed by atoms with Gasteiger partial charge in [-0.05, 0) is 43.7 Å². The Bertz CT molecular complexity index is 1390. The van der Waals surface area contributed by atoms with Crippen molar-refractivity contribution in [1.29, 1.82) is 0 Å². The van der Waals surface area contributed by atoms with Gasteiger partial charge in [0, 0.05) is 52.7 Å². The number of carbonyl (C=O) groups excluding carboxylic acids is 1. The van der Waals surface area contributed by atoms with Gasteiger partial charge in [-0.3, -0.25) is 9.69 Å². The predicted molar refractivity (Wildman–Crippen MR) is 150 cm³/mol. The molecule has 37 heavy (non-hydrogen) atoms. The summed E-state index contributed by atoms with van der Waals surface area (Å²) in [6.45, 7) is 10.5. The summed E-state index contributed by atoms with van der Waals surface area (Å²) in [6, 6.07) is 16.4. The Hall–Kier alpha value is -3.56. The molecule has 194 valence electrons. The summed E-state index contributed by atoms with van der Waals surface area (Å²) in [5, 5.41) is 3.53. The van der Waals surface area contributed by atoms with Crippen LogP contribution in [0.15, 0.2) is 54.0 Å².